The lowest BCUT2D eigenvalue weighted by atomic mass is 10.3. The van der Waals surface area contributed by atoms with E-state index in [1.54, 1.807) is 0 Å². The van der Waals surface area contributed by atoms with Gasteiger partial charge in [-0.25, -0.2) is 0 Å². The minimum Gasteiger partial charge on any atom is -0.396 e. The minimum atomic E-state index is -0.716. The average Bonchev–Trinajstić information content (AvgIpc) is 1.82. The summed E-state index contributed by atoms with van der Waals surface area (Å²) in [6, 6.07) is 0. The third kappa shape index (κ3) is 6.01. The van der Waals surface area contributed by atoms with E-state index in [9.17, 15) is 0 Å². The van der Waals surface area contributed by atoms with Gasteiger partial charge < -0.3 is 14.9 Å². The first-order chi connectivity index (χ1) is 4.66. The minimum absolute atomic E-state index is 0.0497. The van der Waals surface area contributed by atoms with Crippen molar-refractivity contribution < 1.29 is 14.9 Å². The van der Waals surface area contributed by atoms with Crippen LogP contribution >= 0.6 is 0 Å². The monoisotopic (exact) mass is 148 g/mol. The van der Waals surface area contributed by atoms with Gasteiger partial charge in [0.15, 0.2) is 6.29 Å². The molecule has 0 rings (SSSR count). The Morgan fingerprint density at radius 3 is 2.40 bits per heavy atom. The van der Waals surface area contributed by atoms with E-state index in [1.807, 2.05) is 13.8 Å². The molecule has 0 aliphatic heterocycles. The van der Waals surface area contributed by atoms with Crippen LogP contribution in [0.3, 0.4) is 0 Å². The van der Waals surface area contributed by atoms with Crippen molar-refractivity contribution in [1.29, 1.82) is 0 Å². The molecule has 0 saturated heterocycles. The highest BCUT2D eigenvalue weighted by molar-refractivity contribution is 4.44. The van der Waals surface area contributed by atoms with Gasteiger partial charge in [-0.05, 0) is 20.3 Å². The Bertz CT molecular complexity index is 73.3. The molecule has 0 fully saturated rings. The molecule has 2 N–H and O–H groups in total. The van der Waals surface area contributed by atoms with Crippen LogP contribution in [-0.2, 0) is 4.74 Å². The molecule has 1 atom stereocenters. The first-order valence-electron chi connectivity index (χ1n) is 3.61. The summed E-state index contributed by atoms with van der Waals surface area (Å²) in [7, 11) is 0. The Kier molecular flexibility index (Phi) is 5.58. The van der Waals surface area contributed by atoms with Gasteiger partial charge in [0.2, 0.25) is 0 Å². The zero-order valence-electron chi connectivity index (χ0n) is 6.58. The molecule has 10 heavy (non-hydrogen) atoms. The number of aliphatic hydroxyl groups is 2. The summed E-state index contributed by atoms with van der Waals surface area (Å²) in [4.78, 5) is 0. The molecule has 0 aromatic heterocycles. The van der Waals surface area contributed by atoms with Crippen molar-refractivity contribution >= 4 is 0 Å². The van der Waals surface area contributed by atoms with Crippen LogP contribution in [0.2, 0.25) is 0 Å². The van der Waals surface area contributed by atoms with Gasteiger partial charge in [0, 0.05) is 13.0 Å². The third-order valence-corrected chi connectivity index (χ3v) is 1.04. The fourth-order valence-electron chi connectivity index (χ4n) is 0.648. The average molecular weight is 148 g/mol. The molecule has 3 heteroatoms. The van der Waals surface area contributed by atoms with Gasteiger partial charge in [0.1, 0.15) is 0 Å². The summed E-state index contributed by atoms with van der Waals surface area (Å²) >= 11 is 0. The SMILES string of the molecule is CC(C)OC(O)CCCO. The lowest BCUT2D eigenvalue weighted by Gasteiger charge is -2.13. The largest absolute Gasteiger partial charge is 0.396 e. The molecule has 0 bridgehead atoms. The van der Waals surface area contributed by atoms with Crippen molar-refractivity contribution in [1.82, 2.24) is 0 Å². The zero-order chi connectivity index (χ0) is 7.98. The number of aliphatic hydroxyl groups excluding tert-OH is 2. The summed E-state index contributed by atoms with van der Waals surface area (Å²) in [5, 5.41) is 17.4. The van der Waals surface area contributed by atoms with Crippen molar-refractivity contribution in [2.75, 3.05) is 6.61 Å². The predicted molar refractivity (Wildman–Crippen MR) is 38.5 cm³/mol. The van der Waals surface area contributed by atoms with Crippen LogP contribution < -0.4 is 0 Å². The van der Waals surface area contributed by atoms with Gasteiger partial charge in [0.25, 0.3) is 0 Å². The van der Waals surface area contributed by atoms with E-state index < -0.39 is 6.29 Å². The van der Waals surface area contributed by atoms with E-state index in [0.717, 1.165) is 0 Å². The van der Waals surface area contributed by atoms with Gasteiger partial charge in [-0.2, -0.15) is 0 Å². The Balaban J connectivity index is 3.16. The molecule has 0 aromatic carbocycles. The van der Waals surface area contributed by atoms with Gasteiger partial charge in [-0.15, -0.1) is 0 Å². The molecule has 0 spiro atoms. The van der Waals surface area contributed by atoms with Gasteiger partial charge in [0.05, 0.1) is 6.10 Å². The van der Waals surface area contributed by atoms with Crippen LogP contribution in [0.1, 0.15) is 26.7 Å². The maximum Gasteiger partial charge on any atom is 0.154 e. The van der Waals surface area contributed by atoms with Crippen LogP contribution in [0.5, 0.6) is 0 Å². The Labute approximate surface area is 61.6 Å². The second kappa shape index (κ2) is 5.65. The molecule has 0 aliphatic rings. The molecule has 62 valence electrons. The number of ether oxygens (including phenoxy) is 1. The fourth-order valence-corrected chi connectivity index (χ4v) is 0.648. The molecule has 0 amide bonds. The molecule has 0 radical (unpaired) electrons. The first kappa shape index (κ1) is 9.88. The number of hydrogen-bond acceptors (Lipinski definition) is 3. The van der Waals surface area contributed by atoms with Gasteiger partial charge >= 0.3 is 0 Å². The highest BCUT2D eigenvalue weighted by Crippen LogP contribution is 2.01. The molecule has 0 aliphatic carbocycles. The maximum absolute atomic E-state index is 9.02. The quantitative estimate of drug-likeness (QED) is 0.558. The lowest BCUT2D eigenvalue weighted by Crippen LogP contribution is -2.17. The van der Waals surface area contributed by atoms with Gasteiger partial charge in [-0.1, -0.05) is 0 Å². The Morgan fingerprint density at radius 1 is 1.40 bits per heavy atom. The normalized spacial score (nSPS) is 14.1. The smallest absolute Gasteiger partial charge is 0.154 e. The molecular formula is C7H16O3. The molecule has 0 saturated carbocycles. The van der Waals surface area contributed by atoms with E-state index >= 15 is 0 Å². The summed E-state index contributed by atoms with van der Waals surface area (Å²) in [5.41, 5.74) is 0. The van der Waals surface area contributed by atoms with Crippen LogP contribution in [0.25, 0.3) is 0 Å². The summed E-state index contributed by atoms with van der Waals surface area (Å²) in [6.45, 7) is 3.84. The maximum atomic E-state index is 9.02. The van der Waals surface area contributed by atoms with Gasteiger partial charge in [-0.3, -0.25) is 0 Å². The fraction of sp³-hybridized carbons (Fsp3) is 1.00. The lowest BCUT2D eigenvalue weighted by molar-refractivity contribution is -0.130. The van der Waals surface area contributed by atoms with E-state index in [1.165, 1.54) is 0 Å². The standard InChI is InChI=1S/C7H16O3/c1-6(2)10-7(9)4-3-5-8/h6-9H,3-5H2,1-2H3. The third-order valence-electron chi connectivity index (χ3n) is 1.04. The second-order valence-corrected chi connectivity index (χ2v) is 2.51. The molecule has 0 heterocycles. The summed E-state index contributed by atoms with van der Waals surface area (Å²) < 4.78 is 5.00. The Hall–Kier alpha value is -0.120. The Morgan fingerprint density at radius 2 is 2.00 bits per heavy atom. The predicted octanol–water partition coefficient (Wildman–Crippen LogP) is 0.502. The van der Waals surface area contributed by atoms with E-state index in [2.05, 4.69) is 0 Å². The zero-order valence-corrected chi connectivity index (χ0v) is 6.58. The van der Waals surface area contributed by atoms with E-state index in [0.29, 0.717) is 12.8 Å². The van der Waals surface area contributed by atoms with E-state index in [4.69, 9.17) is 14.9 Å². The van der Waals surface area contributed by atoms with Crippen LogP contribution in [0.4, 0.5) is 0 Å². The molecule has 3 nitrogen and oxygen atoms in total. The molecule has 1 unspecified atom stereocenters. The second-order valence-electron chi connectivity index (χ2n) is 2.51. The van der Waals surface area contributed by atoms with Crippen LogP contribution in [0.15, 0.2) is 0 Å². The van der Waals surface area contributed by atoms with Crippen LogP contribution in [-0.4, -0.2) is 29.2 Å². The van der Waals surface area contributed by atoms with Crippen molar-refractivity contribution in [3.05, 3.63) is 0 Å². The molecular weight excluding hydrogens is 132 g/mol. The number of hydrogen-bond donors (Lipinski definition) is 2. The van der Waals surface area contributed by atoms with Crippen molar-refractivity contribution in [2.24, 2.45) is 0 Å². The van der Waals surface area contributed by atoms with Crippen molar-refractivity contribution in [2.45, 2.75) is 39.1 Å². The van der Waals surface area contributed by atoms with Crippen molar-refractivity contribution in [3.63, 3.8) is 0 Å². The highest BCUT2D eigenvalue weighted by Gasteiger charge is 2.04. The highest BCUT2D eigenvalue weighted by atomic mass is 16.6. The molecule has 0 aromatic rings. The van der Waals surface area contributed by atoms with Crippen molar-refractivity contribution in [3.8, 4) is 0 Å². The summed E-state index contributed by atoms with van der Waals surface area (Å²) in [6.07, 6.45) is 0.434. The van der Waals surface area contributed by atoms with Crippen LogP contribution in [0, 0.1) is 0 Å². The summed E-state index contributed by atoms with van der Waals surface area (Å²) in [5.74, 6) is 0. The topological polar surface area (TPSA) is 49.7 Å². The van der Waals surface area contributed by atoms with E-state index in [-0.39, 0.29) is 12.7 Å². The number of rotatable bonds is 5. The first-order valence-corrected chi connectivity index (χ1v) is 3.61.